The highest BCUT2D eigenvalue weighted by atomic mass is 16.3. The summed E-state index contributed by atoms with van der Waals surface area (Å²) >= 11 is 0. The van der Waals surface area contributed by atoms with Crippen molar-refractivity contribution in [2.24, 2.45) is 0 Å². The summed E-state index contributed by atoms with van der Waals surface area (Å²) in [4.78, 5) is 11.8. The first-order valence-electron chi connectivity index (χ1n) is 5.95. The molecule has 17 heavy (non-hydrogen) atoms. The fourth-order valence-electron chi connectivity index (χ4n) is 2.02. The first-order valence-corrected chi connectivity index (χ1v) is 5.95. The van der Waals surface area contributed by atoms with E-state index in [4.69, 9.17) is 0 Å². The largest absolute Gasteiger partial charge is 0.393 e. The molecule has 2 aromatic rings. The summed E-state index contributed by atoms with van der Waals surface area (Å²) in [5, 5.41) is 10.3. The van der Waals surface area contributed by atoms with Crippen molar-refractivity contribution >= 4 is 10.9 Å². The van der Waals surface area contributed by atoms with Gasteiger partial charge in [-0.05, 0) is 37.3 Å². The third kappa shape index (κ3) is 2.74. The Morgan fingerprint density at radius 3 is 2.76 bits per heavy atom. The van der Waals surface area contributed by atoms with Gasteiger partial charge in [0.2, 0.25) is 0 Å². The van der Waals surface area contributed by atoms with Crippen LogP contribution in [-0.4, -0.2) is 15.8 Å². The molecule has 0 saturated heterocycles. The molecule has 1 aromatic carbocycles. The molecular formula is C14H17NO2. The van der Waals surface area contributed by atoms with E-state index in [2.05, 4.69) is 0 Å². The van der Waals surface area contributed by atoms with Gasteiger partial charge in [-0.25, -0.2) is 0 Å². The monoisotopic (exact) mass is 231 g/mol. The van der Waals surface area contributed by atoms with Crippen LogP contribution in [0.25, 0.3) is 10.9 Å². The number of fused-ring (bicyclic) bond motifs is 1. The highest BCUT2D eigenvalue weighted by molar-refractivity contribution is 5.78. The molecule has 0 amide bonds. The van der Waals surface area contributed by atoms with Gasteiger partial charge < -0.3 is 9.67 Å². The van der Waals surface area contributed by atoms with E-state index in [9.17, 15) is 9.90 Å². The summed E-state index contributed by atoms with van der Waals surface area (Å²) in [5.41, 5.74) is 0.986. The van der Waals surface area contributed by atoms with Crippen LogP contribution in [0.2, 0.25) is 0 Å². The van der Waals surface area contributed by atoms with Crippen molar-refractivity contribution in [3.63, 3.8) is 0 Å². The van der Waals surface area contributed by atoms with Crippen LogP contribution in [-0.2, 0) is 6.54 Å². The Labute approximate surface area is 100 Å². The van der Waals surface area contributed by atoms with Gasteiger partial charge in [0.15, 0.2) is 0 Å². The normalized spacial score (nSPS) is 12.8. The molecule has 3 nitrogen and oxygen atoms in total. The van der Waals surface area contributed by atoms with Gasteiger partial charge in [0.1, 0.15) is 0 Å². The maximum atomic E-state index is 11.8. The average molecular weight is 231 g/mol. The van der Waals surface area contributed by atoms with E-state index in [0.717, 1.165) is 23.7 Å². The minimum atomic E-state index is -0.305. The summed E-state index contributed by atoms with van der Waals surface area (Å²) < 4.78 is 1.78. The molecule has 0 saturated carbocycles. The zero-order valence-corrected chi connectivity index (χ0v) is 9.97. The number of nitrogens with zero attached hydrogens (tertiary/aromatic N) is 1. The second kappa shape index (κ2) is 5.15. The minimum absolute atomic E-state index is 0.0225. The van der Waals surface area contributed by atoms with Crippen LogP contribution in [0.3, 0.4) is 0 Å². The molecule has 2 rings (SSSR count). The lowest BCUT2D eigenvalue weighted by Crippen LogP contribution is -2.19. The molecule has 0 aliphatic carbocycles. The number of hydrogen-bond donors (Lipinski definition) is 1. The van der Waals surface area contributed by atoms with Gasteiger partial charge in [0.05, 0.1) is 11.6 Å². The van der Waals surface area contributed by atoms with E-state index in [1.54, 1.807) is 17.6 Å². The van der Waals surface area contributed by atoms with Crippen molar-refractivity contribution in [2.45, 2.75) is 32.4 Å². The Morgan fingerprint density at radius 1 is 1.24 bits per heavy atom. The number of aryl methyl sites for hydroxylation is 1. The van der Waals surface area contributed by atoms with Crippen LogP contribution in [0.5, 0.6) is 0 Å². The third-order valence-electron chi connectivity index (χ3n) is 2.90. The van der Waals surface area contributed by atoms with E-state index in [-0.39, 0.29) is 11.7 Å². The fraction of sp³-hybridized carbons (Fsp3) is 0.357. The first kappa shape index (κ1) is 11.9. The highest BCUT2D eigenvalue weighted by Crippen LogP contribution is 2.11. The smallest absolute Gasteiger partial charge is 0.251 e. The maximum Gasteiger partial charge on any atom is 0.251 e. The lowest BCUT2D eigenvalue weighted by atomic mass is 10.2. The third-order valence-corrected chi connectivity index (χ3v) is 2.90. The first-order chi connectivity index (χ1) is 8.18. The van der Waals surface area contributed by atoms with Gasteiger partial charge in [0.25, 0.3) is 5.56 Å². The SMILES string of the molecule is CC(O)CCCn1c(=O)ccc2ccccc21. The predicted octanol–water partition coefficient (Wildman–Crippen LogP) is 2.16. The number of para-hydroxylation sites is 1. The van der Waals surface area contributed by atoms with Crippen LogP contribution in [0.1, 0.15) is 19.8 Å². The molecule has 90 valence electrons. The number of rotatable bonds is 4. The molecule has 3 heteroatoms. The maximum absolute atomic E-state index is 11.8. The summed E-state index contributed by atoms with van der Waals surface area (Å²) in [6.45, 7) is 2.43. The lowest BCUT2D eigenvalue weighted by molar-refractivity contribution is 0.179. The number of aliphatic hydroxyl groups excluding tert-OH is 1. The Hall–Kier alpha value is -1.61. The Morgan fingerprint density at radius 2 is 2.00 bits per heavy atom. The fourth-order valence-corrected chi connectivity index (χ4v) is 2.02. The summed E-state index contributed by atoms with van der Waals surface area (Å²) in [6.07, 6.45) is 1.22. The van der Waals surface area contributed by atoms with E-state index >= 15 is 0 Å². The molecular weight excluding hydrogens is 214 g/mol. The molecule has 0 fully saturated rings. The van der Waals surface area contributed by atoms with Crippen molar-refractivity contribution in [3.8, 4) is 0 Å². The second-order valence-corrected chi connectivity index (χ2v) is 4.37. The molecule has 1 N–H and O–H groups in total. The Kier molecular flexibility index (Phi) is 3.59. The predicted molar refractivity (Wildman–Crippen MR) is 69.1 cm³/mol. The van der Waals surface area contributed by atoms with Crippen LogP contribution in [0.4, 0.5) is 0 Å². The van der Waals surface area contributed by atoms with Crippen molar-refractivity contribution in [1.29, 1.82) is 0 Å². The number of hydrogen-bond acceptors (Lipinski definition) is 2. The summed E-state index contributed by atoms with van der Waals surface area (Å²) in [7, 11) is 0. The molecule has 1 atom stereocenters. The van der Waals surface area contributed by atoms with Gasteiger partial charge >= 0.3 is 0 Å². The summed E-state index contributed by atoms with van der Waals surface area (Å²) in [5.74, 6) is 0. The molecule has 1 unspecified atom stereocenters. The lowest BCUT2D eigenvalue weighted by Gasteiger charge is -2.10. The standard InChI is InChI=1S/C14H17NO2/c1-11(16)5-4-10-15-13-7-3-2-6-12(13)8-9-14(15)17/h2-3,6-9,11,16H,4-5,10H2,1H3. The zero-order chi connectivity index (χ0) is 12.3. The van der Waals surface area contributed by atoms with Crippen molar-refractivity contribution in [3.05, 3.63) is 46.8 Å². The molecule has 0 bridgehead atoms. The van der Waals surface area contributed by atoms with Crippen molar-refractivity contribution in [1.82, 2.24) is 4.57 Å². The topological polar surface area (TPSA) is 42.2 Å². The van der Waals surface area contributed by atoms with Crippen LogP contribution >= 0.6 is 0 Å². The molecule has 1 aromatic heterocycles. The van der Waals surface area contributed by atoms with Crippen LogP contribution in [0.15, 0.2) is 41.2 Å². The van der Waals surface area contributed by atoms with E-state index in [0.29, 0.717) is 6.54 Å². The second-order valence-electron chi connectivity index (χ2n) is 4.37. The number of benzene rings is 1. The molecule has 0 spiro atoms. The minimum Gasteiger partial charge on any atom is -0.393 e. The van der Waals surface area contributed by atoms with Crippen molar-refractivity contribution in [2.75, 3.05) is 0 Å². The van der Waals surface area contributed by atoms with Crippen molar-refractivity contribution < 1.29 is 5.11 Å². The number of aliphatic hydroxyl groups is 1. The van der Waals surface area contributed by atoms with Gasteiger partial charge in [-0.15, -0.1) is 0 Å². The Balaban J connectivity index is 2.31. The molecule has 0 aliphatic rings. The van der Waals surface area contributed by atoms with Crippen LogP contribution < -0.4 is 5.56 Å². The van der Waals surface area contributed by atoms with E-state index in [1.165, 1.54) is 0 Å². The van der Waals surface area contributed by atoms with Gasteiger partial charge in [0, 0.05) is 12.6 Å². The van der Waals surface area contributed by atoms with E-state index in [1.807, 2.05) is 30.3 Å². The molecule has 0 radical (unpaired) electrons. The number of aromatic nitrogens is 1. The quantitative estimate of drug-likeness (QED) is 0.876. The van der Waals surface area contributed by atoms with E-state index < -0.39 is 0 Å². The van der Waals surface area contributed by atoms with Gasteiger partial charge in [-0.2, -0.15) is 0 Å². The molecule has 1 heterocycles. The average Bonchev–Trinajstić information content (AvgIpc) is 2.32. The highest BCUT2D eigenvalue weighted by Gasteiger charge is 2.03. The Bertz CT molecular complexity index is 557. The van der Waals surface area contributed by atoms with Crippen LogP contribution in [0, 0.1) is 0 Å². The number of pyridine rings is 1. The zero-order valence-electron chi connectivity index (χ0n) is 9.97. The van der Waals surface area contributed by atoms with Gasteiger partial charge in [-0.3, -0.25) is 4.79 Å². The molecule has 0 aliphatic heterocycles. The summed E-state index contributed by atoms with van der Waals surface area (Å²) in [6, 6.07) is 11.3. The van der Waals surface area contributed by atoms with Gasteiger partial charge in [-0.1, -0.05) is 18.2 Å².